The Morgan fingerprint density at radius 3 is 2.33 bits per heavy atom. The molecule has 2 rings (SSSR count). The Labute approximate surface area is 94.2 Å². The largest absolute Gasteiger partial charge is 0.330 e. The van der Waals surface area contributed by atoms with Crippen LogP contribution in [0.5, 0.6) is 0 Å². The minimum atomic E-state index is 0.502. The smallest absolute Gasteiger partial charge is 0.00160 e. The summed E-state index contributed by atoms with van der Waals surface area (Å²) in [6.07, 6.45) is 9.94. The maximum atomic E-state index is 6.04. The molecule has 2 N–H and O–H groups in total. The molecule has 1 saturated carbocycles. The van der Waals surface area contributed by atoms with Crippen LogP contribution in [0, 0.1) is 11.3 Å². The minimum Gasteiger partial charge on any atom is -0.330 e. The van der Waals surface area contributed by atoms with Gasteiger partial charge in [-0.25, -0.2) is 0 Å². The molecule has 1 aliphatic carbocycles. The SMILES string of the molecule is CN1CCC(CN)(CC2CCCC2)CC1. The maximum absolute atomic E-state index is 6.04. The molecule has 0 amide bonds. The zero-order chi connectivity index (χ0) is 10.7. The van der Waals surface area contributed by atoms with E-state index < -0.39 is 0 Å². The maximum Gasteiger partial charge on any atom is -0.00160 e. The van der Waals surface area contributed by atoms with Crippen LogP contribution in [0.4, 0.5) is 0 Å². The fourth-order valence-corrected chi connectivity index (χ4v) is 3.41. The van der Waals surface area contributed by atoms with E-state index in [-0.39, 0.29) is 0 Å². The first-order valence-corrected chi connectivity index (χ1v) is 6.63. The second-order valence-corrected chi connectivity index (χ2v) is 5.86. The Morgan fingerprint density at radius 2 is 1.80 bits per heavy atom. The quantitative estimate of drug-likeness (QED) is 0.774. The highest BCUT2D eigenvalue weighted by Crippen LogP contribution is 2.41. The van der Waals surface area contributed by atoms with Crippen molar-refractivity contribution < 1.29 is 0 Å². The molecule has 15 heavy (non-hydrogen) atoms. The molecular weight excluding hydrogens is 184 g/mol. The summed E-state index contributed by atoms with van der Waals surface area (Å²) in [5.41, 5.74) is 6.54. The summed E-state index contributed by atoms with van der Waals surface area (Å²) in [6.45, 7) is 3.42. The summed E-state index contributed by atoms with van der Waals surface area (Å²) in [7, 11) is 2.23. The van der Waals surface area contributed by atoms with Crippen LogP contribution in [-0.4, -0.2) is 31.6 Å². The molecule has 88 valence electrons. The van der Waals surface area contributed by atoms with Gasteiger partial charge in [-0.1, -0.05) is 25.7 Å². The average Bonchev–Trinajstić information content (AvgIpc) is 2.75. The first-order valence-electron chi connectivity index (χ1n) is 6.63. The fraction of sp³-hybridized carbons (Fsp3) is 1.00. The highest BCUT2D eigenvalue weighted by Gasteiger charge is 2.35. The summed E-state index contributed by atoms with van der Waals surface area (Å²) in [6, 6.07) is 0. The molecule has 0 aromatic carbocycles. The predicted molar refractivity (Wildman–Crippen MR) is 64.8 cm³/mol. The van der Waals surface area contributed by atoms with Gasteiger partial charge in [0.1, 0.15) is 0 Å². The Balaban J connectivity index is 1.89. The van der Waals surface area contributed by atoms with Crippen molar-refractivity contribution in [2.45, 2.75) is 44.9 Å². The van der Waals surface area contributed by atoms with Gasteiger partial charge >= 0.3 is 0 Å². The average molecular weight is 210 g/mol. The first-order chi connectivity index (χ1) is 7.24. The molecular formula is C13H26N2. The van der Waals surface area contributed by atoms with E-state index in [4.69, 9.17) is 5.73 Å². The summed E-state index contributed by atoms with van der Waals surface area (Å²) >= 11 is 0. The number of likely N-dealkylation sites (tertiary alicyclic amines) is 1. The molecule has 2 nitrogen and oxygen atoms in total. The zero-order valence-corrected chi connectivity index (χ0v) is 10.2. The van der Waals surface area contributed by atoms with E-state index >= 15 is 0 Å². The molecule has 1 heterocycles. The number of nitrogens with two attached hydrogens (primary N) is 1. The number of hydrogen-bond donors (Lipinski definition) is 1. The summed E-state index contributed by atoms with van der Waals surface area (Å²) in [5.74, 6) is 0.997. The standard InChI is InChI=1S/C13H26N2/c1-15-8-6-13(11-14,7-9-15)10-12-4-2-3-5-12/h12H,2-11,14H2,1H3. The van der Waals surface area contributed by atoms with Crippen molar-refractivity contribution in [3.05, 3.63) is 0 Å². The third-order valence-corrected chi connectivity index (χ3v) is 4.68. The van der Waals surface area contributed by atoms with Crippen LogP contribution in [0.2, 0.25) is 0 Å². The number of rotatable bonds is 3. The highest BCUT2D eigenvalue weighted by molar-refractivity contribution is 4.89. The van der Waals surface area contributed by atoms with E-state index in [1.54, 1.807) is 0 Å². The van der Waals surface area contributed by atoms with Crippen molar-refractivity contribution >= 4 is 0 Å². The van der Waals surface area contributed by atoms with Crippen molar-refractivity contribution in [1.82, 2.24) is 4.90 Å². The van der Waals surface area contributed by atoms with Gasteiger partial charge in [0.15, 0.2) is 0 Å². The molecule has 0 aromatic rings. The van der Waals surface area contributed by atoms with Crippen LogP contribution < -0.4 is 5.73 Å². The van der Waals surface area contributed by atoms with Crippen LogP contribution >= 0.6 is 0 Å². The van der Waals surface area contributed by atoms with Crippen LogP contribution in [-0.2, 0) is 0 Å². The Kier molecular flexibility index (Phi) is 3.68. The predicted octanol–water partition coefficient (Wildman–Crippen LogP) is 2.24. The molecule has 0 radical (unpaired) electrons. The van der Waals surface area contributed by atoms with Crippen LogP contribution in [0.15, 0.2) is 0 Å². The van der Waals surface area contributed by atoms with E-state index in [0.717, 1.165) is 12.5 Å². The monoisotopic (exact) mass is 210 g/mol. The van der Waals surface area contributed by atoms with Crippen molar-refractivity contribution in [3.63, 3.8) is 0 Å². The lowest BCUT2D eigenvalue weighted by Gasteiger charge is -2.41. The normalized spacial score (nSPS) is 28.4. The van der Waals surface area contributed by atoms with Gasteiger partial charge in [0.2, 0.25) is 0 Å². The van der Waals surface area contributed by atoms with Gasteiger partial charge < -0.3 is 10.6 Å². The molecule has 2 heteroatoms. The zero-order valence-electron chi connectivity index (χ0n) is 10.2. The minimum absolute atomic E-state index is 0.502. The lowest BCUT2D eigenvalue weighted by Crippen LogP contribution is -2.43. The summed E-state index contributed by atoms with van der Waals surface area (Å²) < 4.78 is 0. The number of piperidine rings is 1. The molecule has 0 spiro atoms. The molecule has 1 aliphatic heterocycles. The first kappa shape index (κ1) is 11.4. The van der Waals surface area contributed by atoms with Gasteiger partial charge in [-0.05, 0) is 57.3 Å². The van der Waals surface area contributed by atoms with Gasteiger partial charge in [-0.2, -0.15) is 0 Å². The lowest BCUT2D eigenvalue weighted by molar-refractivity contribution is 0.101. The molecule has 1 saturated heterocycles. The van der Waals surface area contributed by atoms with E-state index in [2.05, 4.69) is 11.9 Å². The molecule has 2 aliphatic rings. The number of nitrogens with zero attached hydrogens (tertiary/aromatic N) is 1. The third-order valence-electron chi connectivity index (χ3n) is 4.68. The summed E-state index contributed by atoms with van der Waals surface area (Å²) in [5, 5.41) is 0. The van der Waals surface area contributed by atoms with E-state index in [1.165, 1.54) is 58.0 Å². The molecule has 0 bridgehead atoms. The van der Waals surface area contributed by atoms with E-state index in [0.29, 0.717) is 5.41 Å². The van der Waals surface area contributed by atoms with E-state index in [1.807, 2.05) is 0 Å². The van der Waals surface area contributed by atoms with Gasteiger partial charge in [-0.3, -0.25) is 0 Å². The van der Waals surface area contributed by atoms with Gasteiger partial charge in [0.05, 0.1) is 0 Å². The topological polar surface area (TPSA) is 29.3 Å². The van der Waals surface area contributed by atoms with Gasteiger partial charge in [-0.15, -0.1) is 0 Å². The van der Waals surface area contributed by atoms with Gasteiger partial charge in [0, 0.05) is 0 Å². The number of hydrogen-bond acceptors (Lipinski definition) is 2. The van der Waals surface area contributed by atoms with Crippen molar-refractivity contribution in [2.75, 3.05) is 26.7 Å². The Morgan fingerprint density at radius 1 is 1.20 bits per heavy atom. The van der Waals surface area contributed by atoms with Crippen molar-refractivity contribution in [2.24, 2.45) is 17.1 Å². The third kappa shape index (κ3) is 2.73. The van der Waals surface area contributed by atoms with Crippen molar-refractivity contribution in [1.29, 1.82) is 0 Å². The molecule has 0 atom stereocenters. The fourth-order valence-electron chi connectivity index (χ4n) is 3.41. The van der Waals surface area contributed by atoms with Crippen LogP contribution in [0.1, 0.15) is 44.9 Å². The summed E-state index contributed by atoms with van der Waals surface area (Å²) in [4.78, 5) is 2.45. The van der Waals surface area contributed by atoms with Crippen molar-refractivity contribution in [3.8, 4) is 0 Å². The molecule has 0 unspecified atom stereocenters. The van der Waals surface area contributed by atoms with E-state index in [9.17, 15) is 0 Å². The van der Waals surface area contributed by atoms with Crippen LogP contribution in [0.3, 0.4) is 0 Å². The lowest BCUT2D eigenvalue weighted by atomic mass is 9.72. The Hall–Kier alpha value is -0.0800. The van der Waals surface area contributed by atoms with Crippen LogP contribution in [0.25, 0.3) is 0 Å². The molecule has 2 fully saturated rings. The second kappa shape index (κ2) is 4.84. The Bertz CT molecular complexity index is 189. The molecule has 0 aromatic heterocycles. The second-order valence-electron chi connectivity index (χ2n) is 5.86. The highest BCUT2D eigenvalue weighted by atomic mass is 15.1. The van der Waals surface area contributed by atoms with Gasteiger partial charge in [0.25, 0.3) is 0 Å².